The normalized spacial score (nSPS) is 12.9. The molecule has 0 aliphatic heterocycles. The number of hydrogen-bond donors (Lipinski definition) is 2. The maximum absolute atomic E-state index is 6.09. The van der Waals surface area contributed by atoms with E-state index in [-0.39, 0.29) is 0 Å². The zero-order valence-corrected chi connectivity index (χ0v) is 17.1. The van der Waals surface area contributed by atoms with E-state index in [0.29, 0.717) is 11.5 Å². The summed E-state index contributed by atoms with van der Waals surface area (Å²) in [6, 6.07) is 27.1. The lowest BCUT2D eigenvalue weighted by molar-refractivity contribution is 0.912. The Kier molecular flexibility index (Phi) is 4.10. The SMILES string of the molecule is Nc1ccc2nc(-c3ccc4ccccc4c3)nc(Nc3ccc4c(c3)CCC4)c2c1. The summed E-state index contributed by atoms with van der Waals surface area (Å²) in [6.45, 7) is 0. The van der Waals surface area contributed by atoms with Gasteiger partial charge in [-0.2, -0.15) is 0 Å². The van der Waals surface area contributed by atoms with Crippen LogP contribution in [0.4, 0.5) is 17.2 Å². The summed E-state index contributed by atoms with van der Waals surface area (Å²) in [4.78, 5) is 9.78. The fraction of sp³-hybridized carbons (Fsp3) is 0.111. The molecule has 31 heavy (non-hydrogen) atoms. The van der Waals surface area contributed by atoms with Crippen LogP contribution in [-0.2, 0) is 12.8 Å². The molecule has 0 spiro atoms. The highest BCUT2D eigenvalue weighted by molar-refractivity contribution is 5.95. The summed E-state index contributed by atoms with van der Waals surface area (Å²) in [6.07, 6.45) is 3.55. The van der Waals surface area contributed by atoms with Crippen LogP contribution < -0.4 is 11.1 Å². The predicted octanol–water partition coefficient (Wildman–Crippen LogP) is 6.26. The molecule has 0 amide bonds. The molecular weight excluding hydrogens is 380 g/mol. The van der Waals surface area contributed by atoms with Crippen LogP contribution >= 0.6 is 0 Å². The van der Waals surface area contributed by atoms with Crippen LogP contribution in [0.5, 0.6) is 0 Å². The molecule has 0 unspecified atom stereocenters. The molecule has 1 heterocycles. The molecule has 150 valence electrons. The Morgan fingerprint density at radius 2 is 1.61 bits per heavy atom. The Morgan fingerprint density at radius 3 is 2.55 bits per heavy atom. The minimum Gasteiger partial charge on any atom is -0.399 e. The molecule has 4 nitrogen and oxygen atoms in total. The Morgan fingerprint density at radius 1 is 0.742 bits per heavy atom. The summed E-state index contributed by atoms with van der Waals surface area (Å²) < 4.78 is 0. The van der Waals surface area contributed by atoms with Gasteiger partial charge in [0.1, 0.15) is 5.82 Å². The van der Waals surface area contributed by atoms with Gasteiger partial charge in [-0.25, -0.2) is 9.97 Å². The van der Waals surface area contributed by atoms with Gasteiger partial charge in [-0.05, 0) is 77.6 Å². The lowest BCUT2D eigenvalue weighted by Gasteiger charge is -2.13. The molecular formula is C27H22N4. The van der Waals surface area contributed by atoms with Gasteiger partial charge in [0.25, 0.3) is 0 Å². The fourth-order valence-electron chi connectivity index (χ4n) is 4.49. The van der Waals surface area contributed by atoms with Crippen LogP contribution in [-0.4, -0.2) is 9.97 Å². The van der Waals surface area contributed by atoms with Crippen LogP contribution in [0.2, 0.25) is 0 Å². The highest BCUT2D eigenvalue weighted by Gasteiger charge is 2.14. The van der Waals surface area contributed by atoms with Gasteiger partial charge >= 0.3 is 0 Å². The van der Waals surface area contributed by atoms with E-state index in [2.05, 4.69) is 66.0 Å². The Balaban J connectivity index is 1.49. The smallest absolute Gasteiger partial charge is 0.162 e. The lowest BCUT2D eigenvalue weighted by atomic mass is 10.1. The van der Waals surface area contributed by atoms with Crippen molar-refractivity contribution in [2.24, 2.45) is 0 Å². The third-order valence-corrected chi connectivity index (χ3v) is 6.09. The van der Waals surface area contributed by atoms with E-state index in [1.165, 1.54) is 34.7 Å². The van der Waals surface area contributed by atoms with Crippen LogP contribution in [0.25, 0.3) is 33.1 Å². The molecule has 1 aliphatic carbocycles. The van der Waals surface area contributed by atoms with E-state index in [4.69, 9.17) is 15.7 Å². The van der Waals surface area contributed by atoms with Gasteiger partial charge < -0.3 is 11.1 Å². The maximum atomic E-state index is 6.09. The average molecular weight is 403 g/mol. The van der Waals surface area contributed by atoms with E-state index < -0.39 is 0 Å². The number of nitrogens with two attached hydrogens (primary N) is 1. The summed E-state index contributed by atoms with van der Waals surface area (Å²) >= 11 is 0. The molecule has 5 aromatic rings. The van der Waals surface area contributed by atoms with E-state index in [0.717, 1.165) is 34.4 Å². The number of anilines is 3. The fourth-order valence-corrected chi connectivity index (χ4v) is 4.49. The molecule has 4 heteroatoms. The molecule has 1 aliphatic rings. The highest BCUT2D eigenvalue weighted by Crippen LogP contribution is 2.32. The number of nitrogens with one attached hydrogen (secondary N) is 1. The number of nitrogens with zero attached hydrogens (tertiary/aromatic N) is 2. The standard InChI is InChI=1S/C27H22N4/c28-22-11-13-25-24(16-22)27(29-23-12-10-18-6-3-7-20(18)15-23)31-26(30-25)21-9-8-17-4-1-2-5-19(17)14-21/h1-2,4-5,8-16H,3,6-7,28H2,(H,29,30,31). The van der Waals surface area contributed by atoms with Crippen LogP contribution in [0.3, 0.4) is 0 Å². The number of nitrogen functional groups attached to an aromatic ring is 1. The molecule has 0 saturated heterocycles. The average Bonchev–Trinajstić information content (AvgIpc) is 3.27. The van der Waals surface area contributed by atoms with Crippen molar-refractivity contribution >= 4 is 38.9 Å². The highest BCUT2D eigenvalue weighted by atomic mass is 15.0. The van der Waals surface area contributed by atoms with Crippen molar-refractivity contribution in [3.63, 3.8) is 0 Å². The van der Waals surface area contributed by atoms with Gasteiger partial charge in [-0.1, -0.05) is 42.5 Å². The number of benzene rings is 4. The first-order valence-corrected chi connectivity index (χ1v) is 10.7. The maximum Gasteiger partial charge on any atom is 0.162 e. The molecule has 4 aromatic carbocycles. The van der Waals surface area contributed by atoms with Crippen molar-refractivity contribution < 1.29 is 0 Å². The van der Waals surface area contributed by atoms with Gasteiger partial charge in [-0.15, -0.1) is 0 Å². The van der Waals surface area contributed by atoms with Gasteiger partial charge in [0.15, 0.2) is 5.82 Å². The molecule has 0 saturated carbocycles. The van der Waals surface area contributed by atoms with Crippen molar-refractivity contribution in [2.75, 3.05) is 11.1 Å². The Hall–Kier alpha value is -3.92. The summed E-state index contributed by atoms with van der Waals surface area (Å²) in [7, 11) is 0. The van der Waals surface area contributed by atoms with Gasteiger partial charge in [0.05, 0.1) is 5.52 Å². The summed E-state index contributed by atoms with van der Waals surface area (Å²) in [5.41, 5.74) is 12.6. The van der Waals surface area contributed by atoms with E-state index in [9.17, 15) is 0 Å². The summed E-state index contributed by atoms with van der Waals surface area (Å²) in [5, 5.41) is 6.85. The molecule has 1 aromatic heterocycles. The zero-order valence-electron chi connectivity index (χ0n) is 17.1. The van der Waals surface area contributed by atoms with E-state index in [1.54, 1.807) is 0 Å². The molecule has 6 rings (SSSR count). The van der Waals surface area contributed by atoms with Gasteiger partial charge in [0, 0.05) is 22.3 Å². The third kappa shape index (κ3) is 3.26. The van der Waals surface area contributed by atoms with Crippen molar-refractivity contribution in [2.45, 2.75) is 19.3 Å². The minimum atomic E-state index is 0.701. The molecule has 0 atom stereocenters. The Labute approximate surface area is 180 Å². The minimum absolute atomic E-state index is 0.701. The first kappa shape index (κ1) is 17.9. The van der Waals surface area contributed by atoms with Gasteiger partial charge in [-0.3, -0.25) is 0 Å². The van der Waals surface area contributed by atoms with Crippen molar-refractivity contribution in [1.29, 1.82) is 0 Å². The second kappa shape index (κ2) is 7.10. The predicted molar refractivity (Wildman–Crippen MR) is 129 cm³/mol. The van der Waals surface area contributed by atoms with Crippen molar-refractivity contribution in [3.05, 3.63) is 90.0 Å². The number of fused-ring (bicyclic) bond motifs is 3. The van der Waals surface area contributed by atoms with Crippen LogP contribution in [0, 0.1) is 0 Å². The van der Waals surface area contributed by atoms with E-state index in [1.807, 2.05) is 18.2 Å². The largest absolute Gasteiger partial charge is 0.399 e. The molecule has 0 bridgehead atoms. The number of aromatic nitrogens is 2. The van der Waals surface area contributed by atoms with E-state index >= 15 is 0 Å². The topological polar surface area (TPSA) is 63.8 Å². The lowest BCUT2D eigenvalue weighted by Crippen LogP contribution is -2.00. The number of aryl methyl sites for hydroxylation is 2. The van der Waals surface area contributed by atoms with Gasteiger partial charge in [0.2, 0.25) is 0 Å². The van der Waals surface area contributed by atoms with Crippen molar-refractivity contribution in [1.82, 2.24) is 9.97 Å². The van der Waals surface area contributed by atoms with Crippen molar-refractivity contribution in [3.8, 4) is 11.4 Å². The second-order valence-electron chi connectivity index (χ2n) is 8.20. The first-order chi connectivity index (χ1) is 15.2. The summed E-state index contributed by atoms with van der Waals surface area (Å²) in [5.74, 6) is 1.48. The molecule has 3 N–H and O–H groups in total. The number of rotatable bonds is 3. The monoisotopic (exact) mass is 402 g/mol. The quantitative estimate of drug-likeness (QED) is 0.349. The van der Waals surface area contributed by atoms with Crippen LogP contribution in [0.1, 0.15) is 17.5 Å². The third-order valence-electron chi connectivity index (χ3n) is 6.09. The first-order valence-electron chi connectivity index (χ1n) is 10.7. The second-order valence-corrected chi connectivity index (χ2v) is 8.20. The molecule has 0 fully saturated rings. The Bertz CT molecular complexity index is 1460. The zero-order chi connectivity index (χ0) is 20.8. The number of hydrogen-bond acceptors (Lipinski definition) is 4. The van der Waals surface area contributed by atoms with Crippen LogP contribution in [0.15, 0.2) is 78.9 Å². The molecule has 0 radical (unpaired) electrons.